The van der Waals surface area contributed by atoms with Gasteiger partial charge in [-0.25, -0.2) is 5.01 Å². The van der Waals surface area contributed by atoms with E-state index in [2.05, 4.69) is 43.0 Å². The zero-order valence-electron chi connectivity index (χ0n) is 12.5. The molecule has 1 fully saturated rings. The molecule has 0 aromatic rings. The minimum Gasteiger partial charge on any atom is -0.390 e. The predicted octanol–water partition coefficient (Wildman–Crippen LogP) is 1.46. The summed E-state index contributed by atoms with van der Waals surface area (Å²) in [6, 6.07) is 1.16. The van der Waals surface area contributed by atoms with E-state index in [9.17, 15) is 5.11 Å². The van der Waals surface area contributed by atoms with Crippen molar-refractivity contribution in [3.63, 3.8) is 0 Å². The molecule has 0 aromatic carbocycles. The second-order valence-electron chi connectivity index (χ2n) is 5.54. The van der Waals surface area contributed by atoms with Gasteiger partial charge < -0.3 is 10.0 Å². The summed E-state index contributed by atoms with van der Waals surface area (Å²) in [6.45, 7) is 12.2. The molecule has 0 spiro atoms. The van der Waals surface area contributed by atoms with Gasteiger partial charge in [-0.2, -0.15) is 0 Å². The Labute approximate surface area is 112 Å². The first kappa shape index (κ1) is 15.9. The average molecular weight is 257 g/mol. The third-order valence-electron chi connectivity index (χ3n) is 4.07. The van der Waals surface area contributed by atoms with Gasteiger partial charge in [0.15, 0.2) is 0 Å². The molecule has 3 atom stereocenters. The number of nitrogens with one attached hydrogen (secondary N) is 1. The molecule has 0 radical (unpaired) electrons. The summed E-state index contributed by atoms with van der Waals surface area (Å²) in [7, 11) is 0. The molecule has 1 heterocycles. The fourth-order valence-electron chi connectivity index (χ4n) is 2.79. The van der Waals surface area contributed by atoms with Crippen LogP contribution >= 0.6 is 0 Å². The molecular weight excluding hydrogens is 226 g/mol. The molecule has 4 heteroatoms. The summed E-state index contributed by atoms with van der Waals surface area (Å²) >= 11 is 0. The summed E-state index contributed by atoms with van der Waals surface area (Å²) in [4.78, 5) is 2.26. The van der Waals surface area contributed by atoms with Gasteiger partial charge >= 0.3 is 0 Å². The highest BCUT2D eigenvalue weighted by Crippen LogP contribution is 2.19. The number of aliphatic hydroxyl groups excluding tert-OH is 1. The van der Waals surface area contributed by atoms with Gasteiger partial charge in [0.05, 0.1) is 6.10 Å². The monoisotopic (exact) mass is 257 g/mol. The molecular formula is C14H31N3O. The minimum atomic E-state index is -0.286. The van der Waals surface area contributed by atoms with E-state index in [4.69, 9.17) is 0 Å². The van der Waals surface area contributed by atoms with Crippen LogP contribution in [0.4, 0.5) is 0 Å². The van der Waals surface area contributed by atoms with Crippen molar-refractivity contribution in [2.75, 3.05) is 26.2 Å². The summed E-state index contributed by atoms with van der Waals surface area (Å²) in [5, 5.41) is 12.4. The van der Waals surface area contributed by atoms with Crippen molar-refractivity contribution in [1.29, 1.82) is 0 Å². The third kappa shape index (κ3) is 4.84. The maximum Gasteiger partial charge on any atom is 0.0805 e. The molecule has 0 saturated carbocycles. The molecule has 1 aliphatic heterocycles. The molecule has 0 bridgehead atoms. The maximum absolute atomic E-state index is 10.1. The van der Waals surface area contributed by atoms with Crippen LogP contribution in [0.5, 0.6) is 0 Å². The van der Waals surface area contributed by atoms with E-state index in [1.165, 1.54) is 19.3 Å². The fraction of sp³-hybridized carbons (Fsp3) is 1.00. The van der Waals surface area contributed by atoms with Gasteiger partial charge in [0, 0.05) is 25.2 Å². The van der Waals surface area contributed by atoms with Crippen molar-refractivity contribution in [3.05, 3.63) is 0 Å². The number of rotatable bonds is 7. The molecule has 3 unspecified atom stereocenters. The number of likely N-dealkylation sites (N-methyl/N-ethyl adjacent to an activating group) is 1. The van der Waals surface area contributed by atoms with Gasteiger partial charge in [0.2, 0.25) is 0 Å². The Morgan fingerprint density at radius 2 is 1.78 bits per heavy atom. The SMILES string of the molecule is CCN(CC)CC(O)CNN1C(C)CCCC1C. The molecule has 0 aromatic heterocycles. The van der Waals surface area contributed by atoms with E-state index in [1.54, 1.807) is 0 Å². The van der Waals surface area contributed by atoms with Crippen LogP contribution in [-0.4, -0.2) is 59.4 Å². The molecule has 108 valence electrons. The van der Waals surface area contributed by atoms with Crippen molar-refractivity contribution in [1.82, 2.24) is 15.3 Å². The number of piperidine rings is 1. The zero-order chi connectivity index (χ0) is 13.5. The van der Waals surface area contributed by atoms with Crippen molar-refractivity contribution >= 4 is 0 Å². The topological polar surface area (TPSA) is 38.7 Å². The standard InChI is InChI=1S/C14H31N3O/c1-5-16(6-2)11-14(18)10-15-17-12(3)8-7-9-13(17)4/h12-15,18H,5-11H2,1-4H3. The molecule has 4 nitrogen and oxygen atoms in total. The molecule has 1 saturated heterocycles. The normalized spacial score (nSPS) is 27.7. The Morgan fingerprint density at radius 1 is 1.22 bits per heavy atom. The Bertz CT molecular complexity index is 211. The Kier molecular flexibility index (Phi) is 7.15. The molecule has 1 aliphatic rings. The molecule has 2 N–H and O–H groups in total. The molecule has 1 rings (SSSR count). The predicted molar refractivity (Wildman–Crippen MR) is 76.4 cm³/mol. The summed E-state index contributed by atoms with van der Waals surface area (Å²) in [5.41, 5.74) is 3.43. The number of hydrogen-bond acceptors (Lipinski definition) is 4. The van der Waals surface area contributed by atoms with Crippen LogP contribution < -0.4 is 5.43 Å². The lowest BCUT2D eigenvalue weighted by atomic mass is 10.00. The second-order valence-corrected chi connectivity index (χ2v) is 5.54. The minimum absolute atomic E-state index is 0.286. The van der Waals surface area contributed by atoms with Gasteiger partial charge in [-0.05, 0) is 39.8 Å². The first-order valence-corrected chi connectivity index (χ1v) is 7.50. The van der Waals surface area contributed by atoms with Crippen molar-refractivity contribution < 1.29 is 5.11 Å². The molecule has 18 heavy (non-hydrogen) atoms. The molecule has 0 amide bonds. The highest BCUT2D eigenvalue weighted by molar-refractivity contribution is 4.77. The summed E-state index contributed by atoms with van der Waals surface area (Å²) in [6.07, 6.45) is 3.54. The quantitative estimate of drug-likeness (QED) is 0.724. The lowest BCUT2D eigenvalue weighted by Crippen LogP contribution is -2.54. The maximum atomic E-state index is 10.1. The third-order valence-corrected chi connectivity index (χ3v) is 4.07. The second kappa shape index (κ2) is 8.10. The van der Waals surface area contributed by atoms with Crippen LogP contribution in [0.2, 0.25) is 0 Å². The van der Waals surface area contributed by atoms with Crippen LogP contribution in [-0.2, 0) is 0 Å². The van der Waals surface area contributed by atoms with Crippen LogP contribution in [0.25, 0.3) is 0 Å². The largest absolute Gasteiger partial charge is 0.390 e. The van der Waals surface area contributed by atoms with E-state index in [1.807, 2.05) is 0 Å². The van der Waals surface area contributed by atoms with Gasteiger partial charge in [-0.3, -0.25) is 5.43 Å². The van der Waals surface area contributed by atoms with E-state index in [-0.39, 0.29) is 6.10 Å². The Hall–Kier alpha value is -0.160. The average Bonchev–Trinajstić information content (AvgIpc) is 2.35. The highest BCUT2D eigenvalue weighted by atomic mass is 16.3. The fourth-order valence-corrected chi connectivity index (χ4v) is 2.79. The highest BCUT2D eigenvalue weighted by Gasteiger charge is 2.24. The lowest BCUT2D eigenvalue weighted by molar-refractivity contribution is 0.0198. The van der Waals surface area contributed by atoms with Gasteiger partial charge in [0.1, 0.15) is 0 Å². The van der Waals surface area contributed by atoms with Gasteiger partial charge in [-0.1, -0.05) is 20.3 Å². The van der Waals surface area contributed by atoms with Gasteiger partial charge in [-0.15, -0.1) is 0 Å². The van der Waals surface area contributed by atoms with E-state index < -0.39 is 0 Å². The number of hydrogen-bond donors (Lipinski definition) is 2. The van der Waals surface area contributed by atoms with Crippen LogP contribution in [0.3, 0.4) is 0 Å². The van der Waals surface area contributed by atoms with Crippen LogP contribution in [0.15, 0.2) is 0 Å². The van der Waals surface area contributed by atoms with Crippen LogP contribution in [0.1, 0.15) is 47.0 Å². The number of aliphatic hydroxyl groups is 1. The first-order chi connectivity index (χ1) is 8.58. The van der Waals surface area contributed by atoms with E-state index >= 15 is 0 Å². The van der Waals surface area contributed by atoms with Gasteiger partial charge in [0.25, 0.3) is 0 Å². The lowest BCUT2D eigenvalue weighted by Gasteiger charge is -2.39. The smallest absolute Gasteiger partial charge is 0.0805 e. The first-order valence-electron chi connectivity index (χ1n) is 7.50. The Balaban J connectivity index is 2.30. The van der Waals surface area contributed by atoms with Crippen LogP contribution in [0, 0.1) is 0 Å². The Morgan fingerprint density at radius 3 is 2.28 bits per heavy atom. The van der Waals surface area contributed by atoms with E-state index in [0.717, 1.165) is 19.6 Å². The number of hydrazine groups is 1. The van der Waals surface area contributed by atoms with E-state index in [0.29, 0.717) is 18.6 Å². The van der Waals surface area contributed by atoms with Crippen molar-refractivity contribution in [2.45, 2.75) is 65.1 Å². The summed E-state index contributed by atoms with van der Waals surface area (Å²) < 4.78 is 0. The van der Waals surface area contributed by atoms with Crippen molar-refractivity contribution in [3.8, 4) is 0 Å². The van der Waals surface area contributed by atoms with Crippen molar-refractivity contribution in [2.24, 2.45) is 0 Å². The number of nitrogens with zero attached hydrogens (tertiary/aromatic N) is 2. The zero-order valence-corrected chi connectivity index (χ0v) is 12.5. The summed E-state index contributed by atoms with van der Waals surface area (Å²) in [5.74, 6) is 0. The molecule has 0 aliphatic carbocycles.